The van der Waals surface area contributed by atoms with E-state index in [1.807, 2.05) is 0 Å². The number of hydrogen-bond donors (Lipinski definition) is 1. The molecule has 1 aliphatic heterocycles. The van der Waals surface area contributed by atoms with Crippen molar-refractivity contribution in [3.05, 3.63) is 34.9 Å². The Morgan fingerprint density at radius 2 is 1.93 bits per heavy atom. The van der Waals surface area contributed by atoms with Crippen molar-refractivity contribution in [1.82, 2.24) is 5.32 Å². The van der Waals surface area contributed by atoms with Crippen molar-refractivity contribution >= 4 is 11.6 Å². The van der Waals surface area contributed by atoms with Gasteiger partial charge in [-0.2, -0.15) is 0 Å². The van der Waals surface area contributed by atoms with E-state index in [0.717, 1.165) is 0 Å². The van der Waals surface area contributed by atoms with Gasteiger partial charge < -0.3 is 5.32 Å². The van der Waals surface area contributed by atoms with Crippen LogP contribution in [0.4, 0.5) is 8.78 Å². The lowest BCUT2D eigenvalue weighted by Crippen LogP contribution is -2.42. The lowest BCUT2D eigenvalue weighted by molar-refractivity contribution is -0.0479. The molecule has 2 rings (SSSR count). The molecule has 0 spiro atoms. The van der Waals surface area contributed by atoms with Crippen LogP contribution in [0, 0.1) is 0 Å². The highest BCUT2D eigenvalue weighted by molar-refractivity contribution is 6.30. The van der Waals surface area contributed by atoms with Crippen LogP contribution in [0.1, 0.15) is 17.9 Å². The largest absolute Gasteiger partial charge is 0.316 e. The first-order valence-electron chi connectivity index (χ1n) is 4.93. The van der Waals surface area contributed by atoms with Crippen LogP contribution in [0.3, 0.4) is 0 Å². The molecule has 0 amide bonds. The van der Waals surface area contributed by atoms with Crippen LogP contribution in [0.2, 0.25) is 5.02 Å². The minimum atomic E-state index is -2.61. The maximum Gasteiger partial charge on any atom is 0.257 e. The Bertz CT molecular complexity index is 337. The second-order valence-electron chi connectivity index (χ2n) is 3.82. The monoisotopic (exact) mass is 231 g/mol. The highest BCUT2D eigenvalue weighted by Gasteiger charge is 2.42. The molecule has 82 valence electrons. The molecule has 1 unspecified atom stereocenters. The summed E-state index contributed by atoms with van der Waals surface area (Å²) in [5.41, 5.74) is 0.650. The van der Waals surface area contributed by atoms with E-state index in [1.54, 1.807) is 24.3 Å². The molecule has 0 saturated carbocycles. The van der Waals surface area contributed by atoms with E-state index in [0.29, 0.717) is 23.7 Å². The number of piperidine rings is 1. The predicted octanol–water partition coefficient (Wildman–Crippen LogP) is 3.05. The van der Waals surface area contributed by atoms with Gasteiger partial charge in [0, 0.05) is 24.5 Å². The fraction of sp³-hybridized carbons (Fsp3) is 0.455. The Balaban J connectivity index is 2.25. The maximum absolute atomic E-state index is 13.6. The average Bonchev–Trinajstić information content (AvgIpc) is 2.19. The predicted molar refractivity (Wildman–Crippen MR) is 56.6 cm³/mol. The lowest BCUT2D eigenvalue weighted by Gasteiger charge is -2.32. The first-order chi connectivity index (χ1) is 7.09. The number of nitrogens with one attached hydrogen (secondary N) is 1. The molecule has 1 aliphatic rings. The number of rotatable bonds is 1. The summed E-state index contributed by atoms with van der Waals surface area (Å²) in [7, 11) is 0. The maximum atomic E-state index is 13.6. The van der Waals surface area contributed by atoms with Crippen LogP contribution < -0.4 is 5.32 Å². The Labute approximate surface area is 92.4 Å². The fourth-order valence-electron chi connectivity index (χ4n) is 1.88. The van der Waals surface area contributed by atoms with Crippen molar-refractivity contribution in [3.63, 3.8) is 0 Å². The second kappa shape index (κ2) is 4.06. The summed E-state index contributed by atoms with van der Waals surface area (Å²) in [6.45, 7) is 0.714. The van der Waals surface area contributed by atoms with Gasteiger partial charge in [-0.3, -0.25) is 0 Å². The van der Waals surface area contributed by atoms with Crippen molar-refractivity contribution in [2.75, 3.05) is 13.1 Å². The standard InChI is InChI=1S/C11H12ClF2N/c12-9-3-1-8(2-4-9)10-7-15-6-5-11(10,13)14/h1-4,10,15H,5-7H2. The molecule has 1 heterocycles. The van der Waals surface area contributed by atoms with Gasteiger partial charge in [0.25, 0.3) is 5.92 Å². The van der Waals surface area contributed by atoms with Gasteiger partial charge in [-0.05, 0) is 17.7 Å². The molecule has 1 aromatic rings. The Hall–Kier alpha value is -0.670. The smallest absolute Gasteiger partial charge is 0.257 e. The summed E-state index contributed by atoms with van der Waals surface area (Å²) < 4.78 is 27.2. The third-order valence-corrected chi connectivity index (χ3v) is 3.02. The molecular formula is C11H12ClF2N. The van der Waals surface area contributed by atoms with Crippen molar-refractivity contribution in [1.29, 1.82) is 0 Å². The SMILES string of the molecule is FC1(F)CCNCC1c1ccc(Cl)cc1. The van der Waals surface area contributed by atoms with Crippen LogP contribution in [-0.4, -0.2) is 19.0 Å². The molecule has 1 aromatic carbocycles. The van der Waals surface area contributed by atoms with E-state index >= 15 is 0 Å². The molecule has 1 N–H and O–H groups in total. The minimum Gasteiger partial charge on any atom is -0.316 e. The number of halogens is 3. The van der Waals surface area contributed by atoms with Crippen LogP contribution in [0.5, 0.6) is 0 Å². The lowest BCUT2D eigenvalue weighted by atomic mass is 9.88. The van der Waals surface area contributed by atoms with Crippen LogP contribution >= 0.6 is 11.6 Å². The van der Waals surface area contributed by atoms with Gasteiger partial charge in [-0.15, -0.1) is 0 Å². The van der Waals surface area contributed by atoms with E-state index in [1.165, 1.54) is 0 Å². The van der Waals surface area contributed by atoms with Gasteiger partial charge >= 0.3 is 0 Å². The van der Waals surface area contributed by atoms with Gasteiger partial charge in [-0.1, -0.05) is 23.7 Å². The fourth-order valence-corrected chi connectivity index (χ4v) is 2.01. The first-order valence-corrected chi connectivity index (χ1v) is 5.31. The van der Waals surface area contributed by atoms with Gasteiger partial charge in [0.2, 0.25) is 0 Å². The van der Waals surface area contributed by atoms with Crippen molar-refractivity contribution in [3.8, 4) is 0 Å². The Morgan fingerprint density at radius 1 is 1.27 bits per heavy atom. The van der Waals surface area contributed by atoms with Gasteiger partial charge in [0.1, 0.15) is 0 Å². The van der Waals surface area contributed by atoms with E-state index < -0.39 is 11.8 Å². The molecule has 1 atom stereocenters. The molecule has 0 bridgehead atoms. The summed E-state index contributed by atoms with van der Waals surface area (Å²) >= 11 is 5.72. The zero-order chi connectivity index (χ0) is 10.9. The molecular weight excluding hydrogens is 220 g/mol. The quantitative estimate of drug-likeness (QED) is 0.783. The molecule has 1 fully saturated rings. The molecule has 1 nitrogen and oxygen atoms in total. The topological polar surface area (TPSA) is 12.0 Å². The Kier molecular flexibility index (Phi) is 2.94. The third kappa shape index (κ3) is 2.29. The van der Waals surface area contributed by atoms with Crippen LogP contribution in [0.25, 0.3) is 0 Å². The molecule has 1 saturated heterocycles. The van der Waals surface area contributed by atoms with Crippen LogP contribution in [-0.2, 0) is 0 Å². The van der Waals surface area contributed by atoms with Gasteiger partial charge in [0.15, 0.2) is 0 Å². The highest BCUT2D eigenvalue weighted by atomic mass is 35.5. The van der Waals surface area contributed by atoms with Gasteiger partial charge in [-0.25, -0.2) is 8.78 Å². The van der Waals surface area contributed by atoms with Crippen molar-refractivity contribution in [2.45, 2.75) is 18.3 Å². The highest BCUT2D eigenvalue weighted by Crippen LogP contribution is 2.37. The van der Waals surface area contributed by atoms with Crippen molar-refractivity contribution in [2.24, 2.45) is 0 Å². The number of hydrogen-bond acceptors (Lipinski definition) is 1. The summed E-state index contributed by atoms with van der Waals surface area (Å²) in [6.07, 6.45) is -0.0969. The molecule has 0 aliphatic carbocycles. The average molecular weight is 232 g/mol. The summed E-state index contributed by atoms with van der Waals surface area (Å²) in [5.74, 6) is -3.34. The molecule has 0 radical (unpaired) electrons. The van der Waals surface area contributed by atoms with E-state index in [-0.39, 0.29) is 6.42 Å². The molecule has 15 heavy (non-hydrogen) atoms. The Morgan fingerprint density at radius 3 is 2.53 bits per heavy atom. The van der Waals surface area contributed by atoms with E-state index in [9.17, 15) is 8.78 Å². The second-order valence-corrected chi connectivity index (χ2v) is 4.26. The molecule has 0 aromatic heterocycles. The first kappa shape index (κ1) is 10.8. The molecule has 4 heteroatoms. The van der Waals surface area contributed by atoms with E-state index in [2.05, 4.69) is 5.32 Å². The van der Waals surface area contributed by atoms with Gasteiger partial charge in [0.05, 0.1) is 5.92 Å². The summed E-state index contributed by atoms with van der Waals surface area (Å²) in [4.78, 5) is 0. The zero-order valence-electron chi connectivity index (χ0n) is 8.14. The van der Waals surface area contributed by atoms with E-state index in [4.69, 9.17) is 11.6 Å². The zero-order valence-corrected chi connectivity index (χ0v) is 8.90. The number of benzene rings is 1. The third-order valence-electron chi connectivity index (χ3n) is 2.77. The number of alkyl halides is 2. The van der Waals surface area contributed by atoms with Crippen LogP contribution in [0.15, 0.2) is 24.3 Å². The minimum absolute atomic E-state index is 0.0969. The normalized spacial score (nSPS) is 25.1. The van der Waals surface area contributed by atoms with Crippen molar-refractivity contribution < 1.29 is 8.78 Å². The summed E-state index contributed by atoms with van der Waals surface area (Å²) in [6, 6.07) is 6.66. The summed E-state index contributed by atoms with van der Waals surface area (Å²) in [5, 5.41) is 3.57.